The molecular weight excluding hydrogens is 252 g/mol. The molecule has 4 nitrogen and oxygen atoms in total. The van der Waals surface area contributed by atoms with Gasteiger partial charge in [-0.3, -0.25) is 9.69 Å². The zero-order valence-corrected chi connectivity index (χ0v) is 12.6. The van der Waals surface area contributed by atoms with Gasteiger partial charge in [-0.15, -0.1) is 0 Å². The average Bonchev–Trinajstić information content (AvgIpc) is 2.37. The number of hydrogen-bond acceptors (Lipinski definition) is 3. The van der Waals surface area contributed by atoms with Crippen molar-refractivity contribution in [3.05, 3.63) is 29.8 Å². The number of nitrogens with one attached hydrogen (secondary N) is 1. The normalized spacial score (nSPS) is 23.6. The number of anilines is 1. The predicted molar refractivity (Wildman–Crippen MR) is 80.9 cm³/mol. The SMILES string of the molecule is CCc1ccccc1NC(=O)CN1CC(C)OC(C)C1. The van der Waals surface area contributed by atoms with E-state index in [1.807, 2.05) is 32.0 Å². The smallest absolute Gasteiger partial charge is 0.238 e. The number of morpholine rings is 1. The van der Waals surface area contributed by atoms with Crippen LogP contribution in [0.1, 0.15) is 26.3 Å². The number of carbonyl (C=O) groups is 1. The number of benzene rings is 1. The first-order valence-corrected chi connectivity index (χ1v) is 7.34. The molecular formula is C16H24N2O2. The topological polar surface area (TPSA) is 41.6 Å². The van der Waals surface area contributed by atoms with Gasteiger partial charge in [-0.1, -0.05) is 25.1 Å². The van der Waals surface area contributed by atoms with Crippen LogP contribution in [0.5, 0.6) is 0 Å². The number of carbonyl (C=O) groups excluding carboxylic acids is 1. The summed E-state index contributed by atoms with van der Waals surface area (Å²) in [5.41, 5.74) is 2.10. The second kappa shape index (κ2) is 6.86. The first-order chi connectivity index (χ1) is 9.58. The third-order valence-electron chi connectivity index (χ3n) is 3.53. The lowest BCUT2D eigenvalue weighted by molar-refractivity contribution is -0.121. The van der Waals surface area contributed by atoms with E-state index in [2.05, 4.69) is 23.2 Å². The molecule has 0 aliphatic carbocycles. The lowest BCUT2D eigenvalue weighted by atomic mass is 10.1. The third-order valence-corrected chi connectivity index (χ3v) is 3.53. The minimum atomic E-state index is 0.0483. The number of ether oxygens (including phenoxy) is 1. The fourth-order valence-electron chi connectivity index (χ4n) is 2.76. The Hall–Kier alpha value is -1.39. The summed E-state index contributed by atoms with van der Waals surface area (Å²) >= 11 is 0. The zero-order chi connectivity index (χ0) is 14.5. The minimum absolute atomic E-state index is 0.0483. The van der Waals surface area contributed by atoms with Crippen LogP contribution < -0.4 is 5.32 Å². The molecule has 0 bridgehead atoms. The van der Waals surface area contributed by atoms with Crippen LogP contribution in [0.25, 0.3) is 0 Å². The molecule has 2 atom stereocenters. The minimum Gasteiger partial charge on any atom is -0.373 e. The van der Waals surface area contributed by atoms with E-state index >= 15 is 0 Å². The molecule has 1 heterocycles. The van der Waals surface area contributed by atoms with Gasteiger partial charge < -0.3 is 10.1 Å². The van der Waals surface area contributed by atoms with Crippen LogP contribution in [0.2, 0.25) is 0 Å². The highest BCUT2D eigenvalue weighted by Gasteiger charge is 2.23. The largest absolute Gasteiger partial charge is 0.373 e. The number of para-hydroxylation sites is 1. The number of amides is 1. The van der Waals surface area contributed by atoms with Crippen LogP contribution in [0, 0.1) is 0 Å². The molecule has 0 radical (unpaired) electrons. The van der Waals surface area contributed by atoms with Crippen molar-refractivity contribution in [2.75, 3.05) is 25.0 Å². The highest BCUT2D eigenvalue weighted by Crippen LogP contribution is 2.16. The number of rotatable bonds is 4. The maximum atomic E-state index is 12.2. The van der Waals surface area contributed by atoms with Crippen molar-refractivity contribution < 1.29 is 9.53 Å². The van der Waals surface area contributed by atoms with E-state index in [1.165, 1.54) is 5.56 Å². The van der Waals surface area contributed by atoms with Gasteiger partial charge in [0.15, 0.2) is 0 Å². The number of aryl methyl sites for hydroxylation is 1. The van der Waals surface area contributed by atoms with Gasteiger partial charge in [-0.25, -0.2) is 0 Å². The Kier molecular flexibility index (Phi) is 5.15. The van der Waals surface area contributed by atoms with Gasteiger partial charge in [0.2, 0.25) is 5.91 Å². The maximum Gasteiger partial charge on any atom is 0.238 e. The Bertz CT molecular complexity index is 452. The molecule has 1 aliphatic rings. The molecule has 1 N–H and O–H groups in total. The van der Waals surface area contributed by atoms with E-state index < -0.39 is 0 Å². The number of nitrogens with zero attached hydrogens (tertiary/aromatic N) is 1. The summed E-state index contributed by atoms with van der Waals surface area (Å²) in [5.74, 6) is 0.0483. The standard InChI is InChI=1S/C16H24N2O2/c1-4-14-7-5-6-8-15(14)17-16(19)11-18-9-12(2)20-13(3)10-18/h5-8,12-13H,4,9-11H2,1-3H3,(H,17,19). The monoisotopic (exact) mass is 276 g/mol. The molecule has 0 aromatic heterocycles. The summed E-state index contributed by atoms with van der Waals surface area (Å²) < 4.78 is 5.68. The average molecular weight is 276 g/mol. The fourth-order valence-corrected chi connectivity index (χ4v) is 2.76. The summed E-state index contributed by atoms with van der Waals surface area (Å²) in [6, 6.07) is 7.96. The second-order valence-electron chi connectivity index (χ2n) is 5.51. The first-order valence-electron chi connectivity index (χ1n) is 7.34. The summed E-state index contributed by atoms with van der Waals surface area (Å²) in [6.07, 6.45) is 1.30. The summed E-state index contributed by atoms with van der Waals surface area (Å²) in [4.78, 5) is 14.3. The second-order valence-corrected chi connectivity index (χ2v) is 5.51. The molecule has 1 fully saturated rings. The molecule has 1 amide bonds. The van der Waals surface area contributed by atoms with Crippen LogP contribution in [-0.4, -0.2) is 42.6 Å². The highest BCUT2D eigenvalue weighted by atomic mass is 16.5. The van der Waals surface area contributed by atoms with Crippen LogP contribution in [0.4, 0.5) is 5.69 Å². The van der Waals surface area contributed by atoms with Gasteiger partial charge in [-0.2, -0.15) is 0 Å². The molecule has 110 valence electrons. The highest BCUT2D eigenvalue weighted by molar-refractivity contribution is 5.93. The van der Waals surface area contributed by atoms with Crippen molar-refractivity contribution in [3.8, 4) is 0 Å². The van der Waals surface area contributed by atoms with Gasteiger partial charge >= 0.3 is 0 Å². The quantitative estimate of drug-likeness (QED) is 0.917. The lowest BCUT2D eigenvalue weighted by Gasteiger charge is -2.34. The van der Waals surface area contributed by atoms with E-state index in [1.54, 1.807) is 0 Å². The molecule has 1 aliphatic heterocycles. The van der Waals surface area contributed by atoms with Gasteiger partial charge in [0.1, 0.15) is 0 Å². The van der Waals surface area contributed by atoms with Crippen LogP contribution in [-0.2, 0) is 16.0 Å². The molecule has 0 spiro atoms. The van der Waals surface area contributed by atoms with Crippen molar-refractivity contribution in [1.82, 2.24) is 4.90 Å². The van der Waals surface area contributed by atoms with Gasteiger partial charge in [0, 0.05) is 18.8 Å². The summed E-state index contributed by atoms with van der Waals surface area (Å²) in [7, 11) is 0. The van der Waals surface area contributed by atoms with Crippen molar-refractivity contribution in [2.24, 2.45) is 0 Å². The molecule has 1 saturated heterocycles. The Labute approximate surface area is 121 Å². The molecule has 4 heteroatoms. The molecule has 0 saturated carbocycles. The van der Waals surface area contributed by atoms with Crippen molar-refractivity contribution in [3.63, 3.8) is 0 Å². The Morgan fingerprint density at radius 1 is 1.30 bits per heavy atom. The zero-order valence-electron chi connectivity index (χ0n) is 12.6. The van der Waals surface area contributed by atoms with E-state index in [0.29, 0.717) is 6.54 Å². The summed E-state index contributed by atoms with van der Waals surface area (Å²) in [6.45, 7) is 8.24. The molecule has 20 heavy (non-hydrogen) atoms. The fraction of sp³-hybridized carbons (Fsp3) is 0.562. The third kappa shape index (κ3) is 4.05. The lowest BCUT2D eigenvalue weighted by Crippen LogP contribution is -2.48. The molecule has 2 rings (SSSR count). The van der Waals surface area contributed by atoms with Crippen molar-refractivity contribution in [2.45, 2.75) is 39.4 Å². The first kappa shape index (κ1) is 15.0. The van der Waals surface area contributed by atoms with Crippen LogP contribution in [0.15, 0.2) is 24.3 Å². The van der Waals surface area contributed by atoms with Gasteiger partial charge in [0.25, 0.3) is 0 Å². The van der Waals surface area contributed by atoms with Crippen LogP contribution in [0.3, 0.4) is 0 Å². The number of hydrogen-bond donors (Lipinski definition) is 1. The molecule has 1 aromatic carbocycles. The van der Waals surface area contributed by atoms with E-state index in [-0.39, 0.29) is 18.1 Å². The van der Waals surface area contributed by atoms with Gasteiger partial charge in [-0.05, 0) is 31.9 Å². The van der Waals surface area contributed by atoms with Crippen molar-refractivity contribution >= 4 is 11.6 Å². The van der Waals surface area contributed by atoms with Crippen molar-refractivity contribution in [1.29, 1.82) is 0 Å². The van der Waals surface area contributed by atoms with E-state index in [0.717, 1.165) is 25.2 Å². The molecule has 2 unspecified atom stereocenters. The maximum absolute atomic E-state index is 12.2. The molecule has 1 aromatic rings. The Balaban J connectivity index is 1.92. The van der Waals surface area contributed by atoms with Gasteiger partial charge in [0.05, 0.1) is 18.8 Å². The predicted octanol–water partition coefficient (Wildman–Crippen LogP) is 2.30. The van der Waals surface area contributed by atoms with Crippen LogP contribution >= 0.6 is 0 Å². The Morgan fingerprint density at radius 2 is 1.95 bits per heavy atom. The van der Waals surface area contributed by atoms with E-state index in [4.69, 9.17) is 4.74 Å². The summed E-state index contributed by atoms with van der Waals surface area (Å²) in [5, 5.41) is 3.02. The van der Waals surface area contributed by atoms with E-state index in [9.17, 15) is 4.79 Å². The Morgan fingerprint density at radius 3 is 2.60 bits per heavy atom.